The van der Waals surface area contributed by atoms with Gasteiger partial charge < -0.3 is 10.7 Å². The number of pyridine rings is 1. The molecule has 3 N–H and O–H groups in total. The monoisotopic (exact) mass is 304 g/mol. The molecule has 1 heterocycles. The second-order valence-corrected chi connectivity index (χ2v) is 4.93. The number of hydrogen-bond donors (Lipinski definition) is 2. The molecular formula is C16H11F3N2O. The quantitative estimate of drug-likeness (QED) is 0.672. The number of rotatable bonds is 1. The molecule has 112 valence electrons. The van der Waals surface area contributed by atoms with Gasteiger partial charge in [-0.15, -0.1) is 0 Å². The summed E-state index contributed by atoms with van der Waals surface area (Å²) < 4.78 is 38.3. The first-order valence-corrected chi connectivity index (χ1v) is 6.45. The highest BCUT2D eigenvalue weighted by molar-refractivity contribution is 5.84. The molecule has 0 unspecified atom stereocenters. The number of aromatic amines is 1. The lowest BCUT2D eigenvalue weighted by Gasteiger charge is -2.09. The summed E-state index contributed by atoms with van der Waals surface area (Å²) in [4.78, 5) is 15.1. The number of H-pyrrole nitrogens is 1. The van der Waals surface area contributed by atoms with Gasteiger partial charge in [0.05, 0.1) is 5.56 Å². The normalized spacial score (nSPS) is 11.8. The van der Waals surface area contributed by atoms with Gasteiger partial charge in [-0.25, -0.2) is 0 Å². The fourth-order valence-electron chi connectivity index (χ4n) is 2.28. The lowest BCUT2D eigenvalue weighted by atomic mass is 10.1. The summed E-state index contributed by atoms with van der Waals surface area (Å²) in [7, 11) is 0. The van der Waals surface area contributed by atoms with Crippen molar-refractivity contribution in [2.24, 2.45) is 0 Å². The van der Waals surface area contributed by atoms with E-state index in [0.717, 1.165) is 12.1 Å². The van der Waals surface area contributed by atoms with Crippen LogP contribution in [0.1, 0.15) is 5.56 Å². The highest BCUT2D eigenvalue weighted by Gasteiger charge is 2.30. The lowest BCUT2D eigenvalue weighted by molar-refractivity contribution is -0.137. The molecule has 0 saturated heterocycles. The first-order chi connectivity index (χ1) is 10.3. The van der Waals surface area contributed by atoms with Crippen LogP contribution in [0, 0.1) is 0 Å². The predicted molar refractivity (Wildman–Crippen MR) is 79.4 cm³/mol. The largest absolute Gasteiger partial charge is 0.416 e. The summed E-state index contributed by atoms with van der Waals surface area (Å²) in [5.41, 5.74) is 6.17. The Morgan fingerprint density at radius 1 is 1.00 bits per heavy atom. The van der Waals surface area contributed by atoms with Crippen LogP contribution >= 0.6 is 0 Å². The molecule has 0 bridgehead atoms. The van der Waals surface area contributed by atoms with E-state index in [1.807, 2.05) is 0 Å². The van der Waals surface area contributed by atoms with Crippen molar-refractivity contribution in [3.05, 3.63) is 64.3 Å². The third-order valence-corrected chi connectivity index (χ3v) is 3.35. The van der Waals surface area contributed by atoms with E-state index in [1.165, 1.54) is 24.3 Å². The molecule has 0 saturated carbocycles. The molecule has 2 aromatic carbocycles. The first-order valence-electron chi connectivity index (χ1n) is 6.45. The number of nitrogens with two attached hydrogens (primary N) is 1. The van der Waals surface area contributed by atoms with Gasteiger partial charge in [0.1, 0.15) is 0 Å². The van der Waals surface area contributed by atoms with E-state index in [4.69, 9.17) is 5.73 Å². The van der Waals surface area contributed by atoms with Gasteiger partial charge in [0.25, 0.3) is 0 Å². The number of nitrogens with one attached hydrogen (secondary N) is 1. The highest BCUT2D eigenvalue weighted by Crippen LogP contribution is 2.31. The van der Waals surface area contributed by atoms with Crippen LogP contribution in [0.15, 0.2) is 53.3 Å². The molecule has 0 aliphatic carbocycles. The molecule has 0 radical (unpaired) electrons. The van der Waals surface area contributed by atoms with Crippen LogP contribution < -0.4 is 11.2 Å². The van der Waals surface area contributed by atoms with Gasteiger partial charge in [-0.1, -0.05) is 12.1 Å². The summed E-state index contributed by atoms with van der Waals surface area (Å²) in [5.74, 6) is 0. The van der Waals surface area contributed by atoms with Crippen LogP contribution in [0.2, 0.25) is 0 Å². The van der Waals surface area contributed by atoms with E-state index in [0.29, 0.717) is 27.8 Å². The van der Waals surface area contributed by atoms with Gasteiger partial charge in [-0.05, 0) is 35.9 Å². The van der Waals surface area contributed by atoms with E-state index in [2.05, 4.69) is 4.98 Å². The molecule has 0 atom stereocenters. The Kier molecular flexibility index (Phi) is 3.16. The zero-order chi connectivity index (χ0) is 15.9. The van der Waals surface area contributed by atoms with Crippen LogP contribution in [0.5, 0.6) is 0 Å². The fraction of sp³-hybridized carbons (Fsp3) is 0.0625. The molecule has 1 aromatic heterocycles. The maximum Gasteiger partial charge on any atom is 0.416 e. The number of fused-ring (bicyclic) bond motifs is 1. The van der Waals surface area contributed by atoms with Crippen molar-refractivity contribution in [1.82, 2.24) is 4.98 Å². The van der Waals surface area contributed by atoms with Crippen LogP contribution in [0.3, 0.4) is 0 Å². The molecule has 0 amide bonds. The minimum Gasteiger partial charge on any atom is -0.399 e. The third-order valence-electron chi connectivity index (χ3n) is 3.35. The summed E-state index contributed by atoms with van der Waals surface area (Å²) in [5, 5.41) is 0.399. The summed E-state index contributed by atoms with van der Waals surface area (Å²) in [6.45, 7) is 0. The molecule has 0 fully saturated rings. The van der Waals surface area contributed by atoms with Crippen molar-refractivity contribution in [1.29, 1.82) is 0 Å². The number of benzene rings is 2. The number of hydrogen-bond acceptors (Lipinski definition) is 2. The molecule has 0 spiro atoms. The van der Waals surface area contributed by atoms with Crippen molar-refractivity contribution in [3.8, 4) is 11.3 Å². The molecule has 3 rings (SSSR count). The predicted octanol–water partition coefficient (Wildman–Crippen LogP) is 3.80. The highest BCUT2D eigenvalue weighted by atomic mass is 19.4. The van der Waals surface area contributed by atoms with Crippen molar-refractivity contribution in [3.63, 3.8) is 0 Å². The topological polar surface area (TPSA) is 58.9 Å². The minimum atomic E-state index is -4.43. The van der Waals surface area contributed by atoms with Crippen LogP contribution in [0.25, 0.3) is 22.2 Å². The number of halogens is 3. The first kappa shape index (κ1) is 14.2. The minimum absolute atomic E-state index is 0.297. The van der Waals surface area contributed by atoms with Gasteiger partial charge in [0.15, 0.2) is 5.43 Å². The van der Waals surface area contributed by atoms with Gasteiger partial charge >= 0.3 is 6.18 Å². The van der Waals surface area contributed by atoms with Gasteiger partial charge in [0, 0.05) is 28.4 Å². The average molecular weight is 304 g/mol. The maximum atomic E-state index is 12.8. The lowest BCUT2D eigenvalue weighted by Crippen LogP contribution is -2.06. The molecule has 0 aliphatic heterocycles. The summed E-state index contributed by atoms with van der Waals surface area (Å²) in [6, 6.07) is 10.9. The number of nitrogen functional groups attached to an aromatic ring is 1. The zero-order valence-electron chi connectivity index (χ0n) is 11.2. The van der Waals surface area contributed by atoms with Crippen LogP contribution in [0.4, 0.5) is 18.9 Å². The van der Waals surface area contributed by atoms with Gasteiger partial charge in [-0.2, -0.15) is 13.2 Å². The average Bonchev–Trinajstić information content (AvgIpc) is 2.47. The Hall–Kier alpha value is -2.76. The van der Waals surface area contributed by atoms with Crippen molar-refractivity contribution < 1.29 is 13.2 Å². The maximum absolute atomic E-state index is 12.8. The summed E-state index contributed by atoms with van der Waals surface area (Å²) in [6.07, 6.45) is -4.43. The Bertz CT molecular complexity index is 913. The Morgan fingerprint density at radius 2 is 1.77 bits per heavy atom. The SMILES string of the molecule is Nc1ccc2[nH]c(-c3cccc(C(F)(F)F)c3)cc(=O)c2c1. The second kappa shape index (κ2) is 4.91. The number of aromatic nitrogens is 1. The van der Waals surface area contributed by atoms with E-state index in [-0.39, 0.29) is 5.43 Å². The number of alkyl halides is 3. The van der Waals surface area contributed by atoms with E-state index >= 15 is 0 Å². The summed E-state index contributed by atoms with van der Waals surface area (Å²) >= 11 is 0. The fourth-order valence-corrected chi connectivity index (χ4v) is 2.28. The van der Waals surface area contributed by atoms with E-state index in [1.54, 1.807) is 12.1 Å². The standard InChI is InChI=1S/C16H11F3N2O/c17-16(18,19)10-3-1-2-9(6-10)14-8-15(22)12-7-11(20)4-5-13(12)21-14/h1-8H,20H2,(H,21,22). The van der Waals surface area contributed by atoms with Crippen LogP contribution in [-0.2, 0) is 6.18 Å². The van der Waals surface area contributed by atoms with Crippen molar-refractivity contribution in [2.45, 2.75) is 6.18 Å². The molecular weight excluding hydrogens is 293 g/mol. The van der Waals surface area contributed by atoms with E-state index < -0.39 is 11.7 Å². The molecule has 3 aromatic rings. The van der Waals surface area contributed by atoms with Crippen molar-refractivity contribution in [2.75, 3.05) is 5.73 Å². The number of anilines is 1. The zero-order valence-corrected chi connectivity index (χ0v) is 11.2. The molecule has 6 heteroatoms. The Morgan fingerprint density at radius 3 is 2.50 bits per heavy atom. The molecule has 0 aliphatic rings. The Balaban J connectivity index is 2.19. The third kappa shape index (κ3) is 2.55. The molecule has 22 heavy (non-hydrogen) atoms. The van der Waals surface area contributed by atoms with Gasteiger partial charge in [-0.3, -0.25) is 4.79 Å². The van der Waals surface area contributed by atoms with Gasteiger partial charge in [0.2, 0.25) is 0 Å². The Labute approximate surface area is 123 Å². The van der Waals surface area contributed by atoms with E-state index in [9.17, 15) is 18.0 Å². The van der Waals surface area contributed by atoms with Crippen molar-refractivity contribution >= 4 is 16.6 Å². The second-order valence-electron chi connectivity index (χ2n) is 4.93. The smallest absolute Gasteiger partial charge is 0.399 e. The molecule has 3 nitrogen and oxygen atoms in total. The van der Waals surface area contributed by atoms with Crippen LogP contribution in [-0.4, -0.2) is 4.98 Å².